The third kappa shape index (κ3) is 3.16. The Morgan fingerprint density at radius 2 is 2.00 bits per heavy atom. The first-order valence-corrected chi connectivity index (χ1v) is 7.89. The Hall–Kier alpha value is -0.180. The third-order valence-corrected chi connectivity index (χ3v) is 4.81. The van der Waals surface area contributed by atoms with Crippen LogP contribution in [0, 0.1) is 6.92 Å². The van der Waals surface area contributed by atoms with Crippen LogP contribution in [0.3, 0.4) is 0 Å². The minimum atomic E-state index is 0.742. The van der Waals surface area contributed by atoms with Crippen molar-refractivity contribution in [2.24, 2.45) is 0 Å². The lowest BCUT2D eigenvalue weighted by Gasteiger charge is -1.98. The van der Waals surface area contributed by atoms with Gasteiger partial charge in [-0.05, 0) is 40.9 Å². The van der Waals surface area contributed by atoms with Gasteiger partial charge in [0, 0.05) is 6.07 Å². The van der Waals surface area contributed by atoms with Crippen molar-refractivity contribution in [3.63, 3.8) is 0 Å². The summed E-state index contributed by atoms with van der Waals surface area (Å²) in [7, 11) is 0. The van der Waals surface area contributed by atoms with Gasteiger partial charge < -0.3 is 0 Å². The topological polar surface area (TPSA) is 51.6 Å². The van der Waals surface area contributed by atoms with Crippen LogP contribution in [0.15, 0.2) is 24.4 Å². The lowest BCUT2D eigenvalue weighted by atomic mass is 10.6. The second-order valence-electron chi connectivity index (χ2n) is 2.72. The van der Waals surface area contributed by atoms with Gasteiger partial charge in [-0.2, -0.15) is 0 Å². The highest BCUT2D eigenvalue weighted by Gasteiger charge is 2.07. The van der Waals surface area contributed by atoms with Gasteiger partial charge in [0.05, 0.1) is 0 Å². The molecule has 0 fully saturated rings. The molecule has 2 heterocycles. The molecule has 0 spiro atoms. The van der Waals surface area contributed by atoms with Crippen LogP contribution in [0.4, 0.5) is 0 Å². The van der Waals surface area contributed by atoms with Crippen molar-refractivity contribution < 1.29 is 0 Å². The van der Waals surface area contributed by atoms with Crippen molar-refractivity contribution >= 4 is 50.8 Å². The number of aromatic nitrogens is 4. The normalized spacial score (nSPS) is 10.7. The fourth-order valence-electron chi connectivity index (χ4n) is 0.968. The van der Waals surface area contributed by atoms with E-state index in [0.717, 1.165) is 24.1 Å². The molecule has 84 valence electrons. The molecule has 16 heavy (non-hydrogen) atoms. The summed E-state index contributed by atoms with van der Waals surface area (Å²) in [6.45, 7) is 1.86. The van der Waals surface area contributed by atoms with Crippen LogP contribution in [0.2, 0.25) is 0 Å². The van der Waals surface area contributed by atoms with Gasteiger partial charge in [0.2, 0.25) is 0 Å². The smallest absolute Gasteiger partial charge is 0.181 e. The van der Waals surface area contributed by atoms with Crippen LogP contribution < -0.4 is 0 Å². The van der Waals surface area contributed by atoms with Crippen LogP contribution in [-0.4, -0.2) is 26.4 Å². The molecule has 0 N–H and O–H groups in total. The first-order valence-electron chi connectivity index (χ1n) is 4.24. The molecule has 4 nitrogen and oxygen atoms in total. The van der Waals surface area contributed by atoms with Gasteiger partial charge >= 0.3 is 0 Å². The molecule has 0 aromatic carbocycles. The molecule has 2 aromatic rings. The number of rotatable bonds is 3. The SMILES string of the molecule is CSc1nnc(Sc2cc(Br)nc(C)n2)s1. The Morgan fingerprint density at radius 3 is 2.62 bits per heavy atom. The minimum absolute atomic E-state index is 0.742. The quantitative estimate of drug-likeness (QED) is 0.634. The van der Waals surface area contributed by atoms with Crippen molar-refractivity contribution in [1.29, 1.82) is 0 Å². The molecule has 0 saturated carbocycles. The zero-order chi connectivity index (χ0) is 11.5. The van der Waals surface area contributed by atoms with E-state index in [2.05, 4.69) is 36.1 Å². The van der Waals surface area contributed by atoms with Crippen molar-refractivity contribution in [2.45, 2.75) is 20.6 Å². The highest BCUT2D eigenvalue weighted by molar-refractivity contribution is 9.10. The standard InChI is InChI=1S/C8H7BrN4S3/c1-4-10-5(9)3-6(11-4)15-8-13-12-7(14-2)16-8/h3H,1-2H3. The molecule has 0 atom stereocenters. The zero-order valence-corrected chi connectivity index (χ0v) is 12.5. The summed E-state index contributed by atoms with van der Waals surface area (Å²) in [5.41, 5.74) is 0. The van der Waals surface area contributed by atoms with E-state index in [1.165, 1.54) is 11.8 Å². The summed E-state index contributed by atoms with van der Waals surface area (Å²) in [6.07, 6.45) is 1.99. The molecule has 2 aromatic heterocycles. The minimum Gasteiger partial charge on any atom is -0.226 e. The van der Waals surface area contributed by atoms with Crippen LogP contribution in [0.1, 0.15) is 5.82 Å². The fraction of sp³-hybridized carbons (Fsp3) is 0.250. The number of thioether (sulfide) groups is 1. The van der Waals surface area contributed by atoms with Gasteiger partial charge in [-0.1, -0.05) is 23.1 Å². The first-order chi connectivity index (χ1) is 7.67. The summed E-state index contributed by atoms with van der Waals surface area (Å²) in [4.78, 5) is 8.47. The van der Waals surface area contributed by atoms with E-state index in [1.54, 1.807) is 23.1 Å². The Balaban J connectivity index is 2.19. The van der Waals surface area contributed by atoms with E-state index in [9.17, 15) is 0 Å². The Morgan fingerprint density at radius 1 is 1.25 bits per heavy atom. The number of nitrogens with zero attached hydrogens (tertiary/aromatic N) is 4. The Labute approximate surface area is 114 Å². The van der Waals surface area contributed by atoms with Crippen LogP contribution >= 0.6 is 50.8 Å². The zero-order valence-electron chi connectivity index (χ0n) is 8.47. The first kappa shape index (κ1) is 12.3. The van der Waals surface area contributed by atoms with Crippen LogP contribution in [-0.2, 0) is 0 Å². The number of hydrogen-bond acceptors (Lipinski definition) is 7. The molecule has 0 amide bonds. The van der Waals surface area contributed by atoms with Gasteiger partial charge in [0.15, 0.2) is 8.68 Å². The van der Waals surface area contributed by atoms with E-state index < -0.39 is 0 Å². The average Bonchev–Trinajstić information content (AvgIpc) is 2.64. The molecule has 2 rings (SSSR count). The molecule has 0 aliphatic rings. The van der Waals surface area contributed by atoms with Crippen molar-refractivity contribution in [3.8, 4) is 0 Å². The third-order valence-electron chi connectivity index (χ3n) is 1.54. The van der Waals surface area contributed by atoms with Gasteiger partial charge in [0.25, 0.3) is 0 Å². The maximum atomic E-state index is 4.32. The molecule has 0 aliphatic carbocycles. The number of halogens is 1. The second kappa shape index (κ2) is 5.44. The summed E-state index contributed by atoms with van der Waals surface area (Å²) in [5.74, 6) is 0.742. The monoisotopic (exact) mass is 334 g/mol. The predicted octanol–water partition coefficient (Wildman–Crippen LogP) is 3.27. The van der Waals surface area contributed by atoms with Gasteiger partial charge in [-0.3, -0.25) is 0 Å². The molecule has 0 aliphatic heterocycles. The van der Waals surface area contributed by atoms with E-state index in [0.29, 0.717) is 0 Å². The molecule has 0 bridgehead atoms. The lowest BCUT2D eigenvalue weighted by Crippen LogP contribution is -1.89. The lowest BCUT2D eigenvalue weighted by molar-refractivity contribution is 0.935. The molecular weight excluding hydrogens is 328 g/mol. The van der Waals surface area contributed by atoms with Gasteiger partial charge in [0.1, 0.15) is 15.5 Å². The van der Waals surface area contributed by atoms with Gasteiger partial charge in [-0.15, -0.1) is 10.2 Å². The van der Waals surface area contributed by atoms with E-state index in [4.69, 9.17) is 0 Å². The summed E-state index contributed by atoms with van der Waals surface area (Å²) in [6, 6.07) is 1.87. The number of hydrogen-bond donors (Lipinski definition) is 0. The highest BCUT2D eigenvalue weighted by atomic mass is 79.9. The summed E-state index contributed by atoms with van der Waals surface area (Å²) in [5, 5.41) is 8.99. The Bertz CT molecular complexity index is 482. The van der Waals surface area contributed by atoms with Crippen molar-refractivity contribution in [1.82, 2.24) is 20.2 Å². The van der Waals surface area contributed by atoms with Crippen molar-refractivity contribution in [2.75, 3.05) is 6.26 Å². The Kier molecular flexibility index (Phi) is 4.17. The van der Waals surface area contributed by atoms with Crippen LogP contribution in [0.5, 0.6) is 0 Å². The summed E-state index contributed by atoms with van der Waals surface area (Å²) >= 11 is 8.01. The second-order valence-corrected chi connectivity index (χ2v) is 6.83. The molecule has 0 saturated heterocycles. The average molecular weight is 335 g/mol. The van der Waals surface area contributed by atoms with Gasteiger partial charge in [-0.25, -0.2) is 9.97 Å². The molecule has 0 unspecified atom stereocenters. The molecular formula is C8H7BrN4S3. The molecule has 0 radical (unpaired) electrons. The largest absolute Gasteiger partial charge is 0.226 e. The highest BCUT2D eigenvalue weighted by Crippen LogP contribution is 2.32. The maximum Gasteiger partial charge on any atom is 0.181 e. The van der Waals surface area contributed by atoms with E-state index in [-0.39, 0.29) is 0 Å². The van der Waals surface area contributed by atoms with Crippen molar-refractivity contribution in [3.05, 3.63) is 16.5 Å². The number of aryl methyl sites for hydroxylation is 1. The maximum absolute atomic E-state index is 4.32. The van der Waals surface area contributed by atoms with Crippen LogP contribution in [0.25, 0.3) is 0 Å². The predicted molar refractivity (Wildman–Crippen MR) is 70.3 cm³/mol. The molecule has 8 heteroatoms. The van der Waals surface area contributed by atoms with E-state index in [1.807, 2.05) is 19.2 Å². The summed E-state index contributed by atoms with van der Waals surface area (Å²) < 4.78 is 2.65. The van der Waals surface area contributed by atoms with E-state index >= 15 is 0 Å². The fourth-order valence-corrected chi connectivity index (χ4v) is 4.03.